The predicted octanol–water partition coefficient (Wildman–Crippen LogP) is 4.03. The number of nitrogens with one attached hydrogen (secondary N) is 1. The van der Waals surface area contributed by atoms with Crippen molar-refractivity contribution in [1.29, 1.82) is 0 Å². The van der Waals surface area contributed by atoms with Crippen molar-refractivity contribution in [2.24, 2.45) is 0 Å². The fourth-order valence-electron chi connectivity index (χ4n) is 1.83. The Balaban J connectivity index is 1.95. The second kappa shape index (κ2) is 5.17. The third-order valence-corrected chi connectivity index (χ3v) is 5.12. The van der Waals surface area contributed by atoms with Crippen molar-refractivity contribution in [3.05, 3.63) is 34.6 Å². The molecule has 0 heterocycles. The van der Waals surface area contributed by atoms with Gasteiger partial charge in [0, 0.05) is 17.3 Å². The molecular formula is C13H17ClFNS. The maximum atomic E-state index is 13.0. The Kier molecular flexibility index (Phi) is 4.01. The van der Waals surface area contributed by atoms with Gasteiger partial charge in [0.2, 0.25) is 0 Å². The largest absolute Gasteiger partial charge is 0.309 e. The highest BCUT2D eigenvalue weighted by Crippen LogP contribution is 2.46. The van der Waals surface area contributed by atoms with Gasteiger partial charge in [0.15, 0.2) is 0 Å². The van der Waals surface area contributed by atoms with Gasteiger partial charge in [-0.3, -0.25) is 0 Å². The maximum Gasteiger partial charge on any atom is 0.141 e. The van der Waals surface area contributed by atoms with Crippen molar-refractivity contribution in [3.63, 3.8) is 0 Å². The molecule has 1 aliphatic rings. The van der Waals surface area contributed by atoms with Crippen LogP contribution in [0, 0.1) is 5.82 Å². The van der Waals surface area contributed by atoms with Crippen LogP contribution in [0.2, 0.25) is 5.02 Å². The summed E-state index contributed by atoms with van der Waals surface area (Å²) in [5.74, 6) is -0.356. The Hall–Kier alpha value is -0.250. The highest BCUT2D eigenvalue weighted by Gasteiger charge is 2.41. The SMILES string of the molecule is CSC1(CNC(C)c2ccc(F)c(Cl)c2)CC1. The van der Waals surface area contributed by atoms with Gasteiger partial charge in [-0.2, -0.15) is 11.8 Å². The molecule has 1 atom stereocenters. The van der Waals surface area contributed by atoms with E-state index >= 15 is 0 Å². The van der Waals surface area contributed by atoms with E-state index in [1.807, 2.05) is 11.8 Å². The number of hydrogen-bond donors (Lipinski definition) is 1. The van der Waals surface area contributed by atoms with E-state index in [-0.39, 0.29) is 16.9 Å². The van der Waals surface area contributed by atoms with Crippen LogP contribution in [0.1, 0.15) is 31.4 Å². The van der Waals surface area contributed by atoms with Gasteiger partial charge in [0.1, 0.15) is 5.82 Å². The first-order chi connectivity index (χ1) is 8.06. The molecule has 0 aliphatic heterocycles. The summed E-state index contributed by atoms with van der Waals surface area (Å²) in [4.78, 5) is 0. The van der Waals surface area contributed by atoms with Gasteiger partial charge in [-0.25, -0.2) is 4.39 Å². The van der Waals surface area contributed by atoms with Crippen LogP contribution in [-0.4, -0.2) is 17.5 Å². The molecule has 0 aromatic heterocycles. The van der Waals surface area contributed by atoms with Gasteiger partial charge >= 0.3 is 0 Å². The Morgan fingerprint density at radius 1 is 1.53 bits per heavy atom. The van der Waals surface area contributed by atoms with Crippen molar-refractivity contribution >= 4 is 23.4 Å². The van der Waals surface area contributed by atoms with Gasteiger partial charge in [-0.05, 0) is 43.7 Å². The standard InChI is InChI=1S/C13H17ClFNS/c1-9(16-8-13(17-2)5-6-13)10-3-4-12(15)11(14)7-10/h3-4,7,9,16H,5-6,8H2,1-2H3. The molecule has 1 fully saturated rings. The van der Waals surface area contributed by atoms with Crippen molar-refractivity contribution in [1.82, 2.24) is 5.32 Å². The quantitative estimate of drug-likeness (QED) is 0.869. The number of halogens is 2. The zero-order valence-corrected chi connectivity index (χ0v) is 11.7. The first-order valence-electron chi connectivity index (χ1n) is 5.80. The molecule has 1 N–H and O–H groups in total. The summed E-state index contributed by atoms with van der Waals surface area (Å²) in [5.41, 5.74) is 1.04. The lowest BCUT2D eigenvalue weighted by molar-refractivity contribution is 0.561. The Bertz CT molecular complexity index is 406. The van der Waals surface area contributed by atoms with Crippen molar-refractivity contribution in [2.75, 3.05) is 12.8 Å². The monoisotopic (exact) mass is 273 g/mol. The van der Waals surface area contributed by atoms with Crippen molar-refractivity contribution in [2.45, 2.75) is 30.6 Å². The third-order valence-electron chi connectivity index (χ3n) is 3.41. The second-order valence-electron chi connectivity index (χ2n) is 4.66. The second-order valence-corrected chi connectivity index (χ2v) is 6.34. The fourth-order valence-corrected chi connectivity index (χ4v) is 2.76. The lowest BCUT2D eigenvalue weighted by Gasteiger charge is -2.19. The summed E-state index contributed by atoms with van der Waals surface area (Å²) in [6.45, 7) is 3.09. The Labute approximate surface area is 111 Å². The minimum absolute atomic E-state index is 0.196. The predicted molar refractivity (Wildman–Crippen MR) is 73.3 cm³/mol. The van der Waals surface area contributed by atoms with Crippen LogP contribution in [0.3, 0.4) is 0 Å². The number of rotatable bonds is 5. The zero-order chi connectivity index (χ0) is 12.5. The number of benzene rings is 1. The molecule has 1 nitrogen and oxygen atoms in total. The van der Waals surface area contributed by atoms with E-state index in [2.05, 4.69) is 18.5 Å². The molecule has 94 valence electrons. The third kappa shape index (κ3) is 3.15. The van der Waals surface area contributed by atoms with Gasteiger partial charge < -0.3 is 5.32 Å². The molecule has 0 saturated heterocycles. The summed E-state index contributed by atoms with van der Waals surface area (Å²) in [7, 11) is 0. The van der Waals surface area contributed by atoms with Crippen molar-refractivity contribution in [3.8, 4) is 0 Å². The molecule has 1 aliphatic carbocycles. The molecular weight excluding hydrogens is 257 g/mol. The van der Waals surface area contributed by atoms with E-state index in [0.29, 0.717) is 4.75 Å². The number of thioether (sulfide) groups is 1. The van der Waals surface area contributed by atoms with Crippen LogP contribution >= 0.6 is 23.4 Å². The normalized spacial score (nSPS) is 19.1. The van der Waals surface area contributed by atoms with Crippen LogP contribution in [-0.2, 0) is 0 Å². The summed E-state index contributed by atoms with van der Waals surface area (Å²) in [5, 5.41) is 3.69. The Morgan fingerprint density at radius 3 is 2.76 bits per heavy atom. The minimum atomic E-state index is -0.356. The minimum Gasteiger partial charge on any atom is -0.309 e. The van der Waals surface area contributed by atoms with Gasteiger partial charge in [0.05, 0.1) is 5.02 Å². The van der Waals surface area contributed by atoms with Crippen LogP contribution in [0.4, 0.5) is 4.39 Å². The molecule has 1 unspecified atom stereocenters. The zero-order valence-electron chi connectivity index (χ0n) is 10.1. The van der Waals surface area contributed by atoms with Crippen LogP contribution in [0.25, 0.3) is 0 Å². The summed E-state index contributed by atoms with van der Waals surface area (Å²) < 4.78 is 13.5. The van der Waals surface area contributed by atoms with Gasteiger partial charge in [0.25, 0.3) is 0 Å². The lowest BCUT2D eigenvalue weighted by Crippen LogP contribution is -2.28. The van der Waals surface area contributed by atoms with Gasteiger partial charge in [-0.15, -0.1) is 0 Å². The summed E-state index contributed by atoms with van der Waals surface area (Å²) >= 11 is 7.71. The van der Waals surface area contributed by atoms with E-state index in [1.54, 1.807) is 12.1 Å². The fraction of sp³-hybridized carbons (Fsp3) is 0.538. The summed E-state index contributed by atoms with van der Waals surface area (Å²) in [6.07, 6.45) is 4.74. The van der Waals surface area contributed by atoms with E-state index in [1.165, 1.54) is 18.9 Å². The number of hydrogen-bond acceptors (Lipinski definition) is 2. The molecule has 1 aromatic rings. The van der Waals surface area contributed by atoms with Crippen LogP contribution in [0.15, 0.2) is 18.2 Å². The smallest absolute Gasteiger partial charge is 0.141 e. The molecule has 0 amide bonds. The van der Waals surface area contributed by atoms with E-state index in [4.69, 9.17) is 11.6 Å². The Morgan fingerprint density at radius 2 is 2.24 bits per heavy atom. The molecule has 0 radical (unpaired) electrons. The molecule has 1 saturated carbocycles. The van der Waals surface area contributed by atoms with Crippen LogP contribution < -0.4 is 5.32 Å². The molecule has 0 bridgehead atoms. The average Bonchev–Trinajstić information content (AvgIpc) is 3.10. The molecule has 1 aromatic carbocycles. The first kappa shape index (κ1) is 13.2. The lowest BCUT2D eigenvalue weighted by atomic mass is 10.1. The van der Waals surface area contributed by atoms with Crippen molar-refractivity contribution < 1.29 is 4.39 Å². The molecule has 17 heavy (non-hydrogen) atoms. The van der Waals surface area contributed by atoms with E-state index < -0.39 is 0 Å². The first-order valence-corrected chi connectivity index (χ1v) is 7.40. The van der Waals surface area contributed by atoms with Crippen LogP contribution in [0.5, 0.6) is 0 Å². The topological polar surface area (TPSA) is 12.0 Å². The van der Waals surface area contributed by atoms with E-state index in [0.717, 1.165) is 12.1 Å². The van der Waals surface area contributed by atoms with Gasteiger partial charge in [-0.1, -0.05) is 17.7 Å². The highest BCUT2D eigenvalue weighted by molar-refractivity contribution is 8.00. The molecule has 4 heteroatoms. The summed E-state index contributed by atoms with van der Waals surface area (Å²) in [6, 6.07) is 5.12. The average molecular weight is 274 g/mol. The van der Waals surface area contributed by atoms with E-state index in [9.17, 15) is 4.39 Å². The highest BCUT2D eigenvalue weighted by atomic mass is 35.5. The molecule has 2 rings (SSSR count). The maximum absolute atomic E-state index is 13.0. The molecule has 0 spiro atoms.